The van der Waals surface area contributed by atoms with Crippen molar-refractivity contribution in [1.82, 2.24) is 14.8 Å². The number of amides is 2. The van der Waals surface area contributed by atoms with Gasteiger partial charge in [-0.2, -0.15) is 0 Å². The van der Waals surface area contributed by atoms with Crippen LogP contribution in [0.3, 0.4) is 0 Å². The lowest BCUT2D eigenvalue weighted by molar-refractivity contribution is -0.134. The van der Waals surface area contributed by atoms with E-state index < -0.39 is 5.54 Å². The molecule has 190 valence electrons. The molecule has 0 saturated heterocycles. The molecule has 1 N–H and O–H groups in total. The molecule has 1 aliphatic carbocycles. The van der Waals surface area contributed by atoms with Crippen molar-refractivity contribution in [3.63, 3.8) is 0 Å². The minimum atomic E-state index is -0.981. The third-order valence-electron chi connectivity index (χ3n) is 7.54. The van der Waals surface area contributed by atoms with Gasteiger partial charge >= 0.3 is 0 Å². The molecule has 2 amide bonds. The van der Waals surface area contributed by atoms with E-state index >= 15 is 0 Å². The molecule has 0 bridgehead atoms. The fraction of sp³-hybridized carbons (Fsp3) is 0.704. The molecule has 4 rings (SSSR count). The highest BCUT2D eigenvalue weighted by atomic mass is 16.5. The molecule has 0 radical (unpaired) electrons. The van der Waals surface area contributed by atoms with Crippen molar-refractivity contribution in [2.45, 2.75) is 98.4 Å². The number of nitrogens with one attached hydrogen (secondary N) is 1. The maximum Gasteiger partial charge on any atom is 0.271 e. The van der Waals surface area contributed by atoms with E-state index in [1.54, 1.807) is 17.2 Å². The number of ether oxygens (including phenoxy) is 1. The van der Waals surface area contributed by atoms with Crippen LogP contribution in [0.1, 0.15) is 84.6 Å². The normalized spacial score (nSPS) is 26.9. The van der Waals surface area contributed by atoms with Gasteiger partial charge in [-0.25, -0.2) is 0 Å². The highest BCUT2D eigenvalue weighted by Gasteiger charge is 2.48. The van der Waals surface area contributed by atoms with Crippen LogP contribution < -0.4 is 5.32 Å². The fourth-order valence-corrected chi connectivity index (χ4v) is 5.27. The monoisotopic (exact) mass is 473 g/mol. The fourth-order valence-electron chi connectivity index (χ4n) is 5.27. The summed E-state index contributed by atoms with van der Waals surface area (Å²) in [5, 5.41) is 3.33. The standard InChI is InChI=1S/C25H37N3O4.C2H6/c1-16(2)31-12-7-11-28-23(29)21-14-22-20(10-13-32-22)27(21)15-25(28,5)24(30)26-19-9-6-8-17(3)18(19)4;1-2/h10,13-14,16-19H,6-9,11-12,15H2,1-5H3,(H,26,30);1-2H3. The Morgan fingerprint density at radius 3 is 2.74 bits per heavy atom. The first-order chi connectivity index (χ1) is 16.2. The third-order valence-corrected chi connectivity index (χ3v) is 7.54. The summed E-state index contributed by atoms with van der Waals surface area (Å²) < 4.78 is 13.2. The van der Waals surface area contributed by atoms with Crippen LogP contribution in [0.2, 0.25) is 0 Å². The molecule has 0 aromatic carbocycles. The Labute approximate surface area is 204 Å². The molecular formula is C27H43N3O4. The van der Waals surface area contributed by atoms with Gasteiger partial charge in [-0.1, -0.05) is 40.5 Å². The summed E-state index contributed by atoms with van der Waals surface area (Å²) >= 11 is 0. The van der Waals surface area contributed by atoms with Crippen LogP contribution in [-0.2, 0) is 16.1 Å². The minimum absolute atomic E-state index is 0.0717. The van der Waals surface area contributed by atoms with Crippen molar-refractivity contribution in [3.8, 4) is 0 Å². The molecule has 34 heavy (non-hydrogen) atoms. The Hall–Kier alpha value is -2.28. The zero-order chi connectivity index (χ0) is 25.0. The topological polar surface area (TPSA) is 76.7 Å². The van der Waals surface area contributed by atoms with E-state index in [9.17, 15) is 9.59 Å². The lowest BCUT2D eigenvalue weighted by Gasteiger charge is -2.45. The third kappa shape index (κ3) is 5.04. The highest BCUT2D eigenvalue weighted by molar-refractivity contribution is 6.02. The van der Waals surface area contributed by atoms with Crippen LogP contribution in [0.4, 0.5) is 0 Å². The molecule has 4 unspecified atom stereocenters. The van der Waals surface area contributed by atoms with Crippen LogP contribution in [0.15, 0.2) is 22.8 Å². The molecule has 7 heteroatoms. The molecule has 3 heterocycles. The average molecular weight is 474 g/mol. The summed E-state index contributed by atoms with van der Waals surface area (Å²) in [5.74, 6) is 0.805. The Morgan fingerprint density at radius 1 is 1.29 bits per heavy atom. The average Bonchev–Trinajstić information content (AvgIpc) is 3.40. The number of aromatic nitrogens is 1. The molecule has 7 nitrogen and oxygen atoms in total. The van der Waals surface area contributed by atoms with Crippen molar-refractivity contribution in [1.29, 1.82) is 0 Å². The van der Waals surface area contributed by atoms with Gasteiger partial charge in [0.15, 0.2) is 5.58 Å². The Morgan fingerprint density at radius 2 is 2.03 bits per heavy atom. The van der Waals surface area contributed by atoms with E-state index in [-0.39, 0.29) is 24.0 Å². The summed E-state index contributed by atoms with van der Waals surface area (Å²) in [7, 11) is 0. The minimum Gasteiger partial charge on any atom is -0.463 e. The summed E-state index contributed by atoms with van der Waals surface area (Å²) in [6.07, 6.45) is 5.77. The SMILES string of the molecule is CC.CC(C)OCCCN1C(=O)c2cc3occc3n2CC1(C)C(=O)NC1CCCC(C)C1C. The molecule has 0 spiro atoms. The lowest BCUT2D eigenvalue weighted by Crippen LogP contribution is -2.65. The molecular weight excluding hydrogens is 430 g/mol. The van der Waals surface area contributed by atoms with Crippen LogP contribution >= 0.6 is 0 Å². The van der Waals surface area contributed by atoms with Crippen molar-refractivity contribution in [2.24, 2.45) is 11.8 Å². The summed E-state index contributed by atoms with van der Waals surface area (Å²) in [6, 6.07) is 3.79. The Kier molecular flexibility index (Phi) is 8.50. The summed E-state index contributed by atoms with van der Waals surface area (Å²) in [6.45, 7) is 15.8. The smallest absolute Gasteiger partial charge is 0.271 e. The van der Waals surface area contributed by atoms with E-state index in [2.05, 4.69) is 19.2 Å². The molecule has 4 atom stereocenters. The Balaban J connectivity index is 0.00000158. The van der Waals surface area contributed by atoms with Crippen LogP contribution in [-0.4, -0.2) is 52.1 Å². The zero-order valence-electron chi connectivity index (χ0n) is 22.0. The van der Waals surface area contributed by atoms with Crippen LogP contribution in [0.25, 0.3) is 11.1 Å². The molecule has 1 aliphatic heterocycles. The number of hydrogen-bond donors (Lipinski definition) is 1. The van der Waals surface area contributed by atoms with Gasteiger partial charge < -0.3 is 23.9 Å². The first kappa shape index (κ1) is 26.3. The first-order valence-corrected chi connectivity index (χ1v) is 13.0. The van der Waals surface area contributed by atoms with Crippen LogP contribution in [0.5, 0.6) is 0 Å². The second-order valence-corrected chi connectivity index (χ2v) is 10.1. The molecule has 1 fully saturated rings. The summed E-state index contributed by atoms with van der Waals surface area (Å²) in [4.78, 5) is 29.1. The predicted octanol–water partition coefficient (Wildman–Crippen LogP) is 5.23. The molecule has 1 saturated carbocycles. The van der Waals surface area contributed by atoms with Crippen LogP contribution in [0, 0.1) is 11.8 Å². The van der Waals surface area contributed by atoms with Gasteiger partial charge in [-0.3, -0.25) is 9.59 Å². The first-order valence-electron chi connectivity index (χ1n) is 13.0. The predicted molar refractivity (Wildman–Crippen MR) is 135 cm³/mol. The van der Waals surface area contributed by atoms with Gasteiger partial charge in [-0.15, -0.1) is 0 Å². The van der Waals surface area contributed by atoms with Gasteiger partial charge in [0, 0.05) is 31.3 Å². The van der Waals surface area contributed by atoms with Gasteiger partial charge in [0.2, 0.25) is 5.91 Å². The van der Waals surface area contributed by atoms with Crippen molar-refractivity contribution in [3.05, 3.63) is 24.1 Å². The highest BCUT2D eigenvalue weighted by Crippen LogP contribution is 2.34. The quantitative estimate of drug-likeness (QED) is 0.559. The van der Waals surface area contributed by atoms with E-state index in [0.717, 1.165) is 18.4 Å². The Bertz CT molecular complexity index is 978. The molecule has 2 aliphatic rings. The van der Waals surface area contributed by atoms with Gasteiger partial charge in [0.1, 0.15) is 11.2 Å². The van der Waals surface area contributed by atoms with Gasteiger partial charge in [0.25, 0.3) is 5.91 Å². The van der Waals surface area contributed by atoms with Crippen molar-refractivity contribution >= 4 is 22.9 Å². The maximum atomic E-state index is 13.8. The molecule has 2 aromatic heterocycles. The largest absolute Gasteiger partial charge is 0.463 e. The van der Waals surface area contributed by atoms with Crippen molar-refractivity contribution < 1.29 is 18.7 Å². The number of carbonyl (C=O) groups is 2. The number of nitrogens with zero attached hydrogens (tertiary/aromatic N) is 2. The van der Waals surface area contributed by atoms with Gasteiger partial charge in [-0.05, 0) is 45.4 Å². The van der Waals surface area contributed by atoms with E-state index in [4.69, 9.17) is 9.15 Å². The number of rotatable bonds is 7. The number of carbonyl (C=O) groups excluding carboxylic acids is 2. The van der Waals surface area contributed by atoms with Crippen molar-refractivity contribution in [2.75, 3.05) is 13.2 Å². The maximum absolute atomic E-state index is 13.8. The number of fused-ring (bicyclic) bond motifs is 3. The van der Waals surface area contributed by atoms with E-state index in [1.165, 1.54) is 6.42 Å². The lowest BCUT2D eigenvalue weighted by atomic mass is 9.77. The van der Waals surface area contributed by atoms with E-state index in [1.807, 2.05) is 45.3 Å². The zero-order valence-corrected chi connectivity index (χ0v) is 22.0. The summed E-state index contributed by atoms with van der Waals surface area (Å²) in [5.41, 5.74) is 1.13. The number of furan rings is 1. The second kappa shape index (κ2) is 11.0. The van der Waals surface area contributed by atoms with E-state index in [0.29, 0.717) is 49.2 Å². The number of hydrogen-bond acceptors (Lipinski definition) is 4. The van der Waals surface area contributed by atoms with Gasteiger partial charge in [0.05, 0.1) is 24.4 Å². The molecule has 2 aromatic rings. The second-order valence-electron chi connectivity index (χ2n) is 10.1.